The van der Waals surface area contributed by atoms with Crippen molar-refractivity contribution in [3.8, 4) is 11.5 Å². The molecule has 2 rings (SSSR count). The van der Waals surface area contributed by atoms with Crippen LogP contribution in [0.4, 0.5) is 0 Å². The summed E-state index contributed by atoms with van der Waals surface area (Å²) >= 11 is 0. The number of carboxylic acid groups (broad SMARTS) is 1. The van der Waals surface area contributed by atoms with Crippen LogP contribution in [0.5, 0.6) is 11.5 Å². The SMILES string of the molecule is COc1ccc(C(=C(C=O)CCCC(=O)O)c2ccc(OC)cc2)cc1. The largest absolute Gasteiger partial charge is 0.497 e. The molecule has 0 aromatic heterocycles. The smallest absolute Gasteiger partial charge is 0.303 e. The van der Waals surface area contributed by atoms with Gasteiger partial charge < -0.3 is 14.6 Å². The van der Waals surface area contributed by atoms with Gasteiger partial charge in [-0.3, -0.25) is 9.59 Å². The van der Waals surface area contributed by atoms with Crippen molar-refractivity contribution in [2.75, 3.05) is 14.2 Å². The molecular formula is C21H22O5. The van der Waals surface area contributed by atoms with Crippen LogP contribution >= 0.6 is 0 Å². The van der Waals surface area contributed by atoms with Crippen LogP contribution in [0.3, 0.4) is 0 Å². The van der Waals surface area contributed by atoms with Gasteiger partial charge in [0.1, 0.15) is 17.8 Å². The number of carbonyl (C=O) groups excluding carboxylic acids is 1. The first kappa shape index (κ1) is 19.2. The second-order valence-corrected chi connectivity index (χ2v) is 5.72. The Balaban J connectivity index is 2.48. The van der Waals surface area contributed by atoms with Crippen LogP contribution in [-0.2, 0) is 9.59 Å². The highest BCUT2D eigenvalue weighted by molar-refractivity contribution is 5.95. The molecule has 0 aliphatic rings. The Morgan fingerprint density at radius 1 is 0.885 bits per heavy atom. The number of methoxy groups -OCH3 is 2. The second-order valence-electron chi connectivity index (χ2n) is 5.72. The van der Waals surface area contributed by atoms with Crippen LogP contribution in [0, 0.1) is 0 Å². The van der Waals surface area contributed by atoms with Crippen molar-refractivity contribution in [1.82, 2.24) is 0 Å². The van der Waals surface area contributed by atoms with E-state index in [0.29, 0.717) is 18.4 Å². The van der Waals surface area contributed by atoms with Crippen molar-refractivity contribution in [3.63, 3.8) is 0 Å². The van der Waals surface area contributed by atoms with Gasteiger partial charge >= 0.3 is 5.97 Å². The summed E-state index contributed by atoms with van der Waals surface area (Å²) in [5.74, 6) is 0.577. The normalized spacial score (nSPS) is 10.1. The molecule has 0 atom stereocenters. The Kier molecular flexibility index (Phi) is 6.97. The average molecular weight is 354 g/mol. The Hall–Kier alpha value is -3.08. The number of aliphatic carboxylic acids is 1. The van der Waals surface area contributed by atoms with Crippen molar-refractivity contribution in [1.29, 1.82) is 0 Å². The Morgan fingerprint density at radius 3 is 1.69 bits per heavy atom. The van der Waals surface area contributed by atoms with Crippen LogP contribution in [0.1, 0.15) is 30.4 Å². The van der Waals surface area contributed by atoms with Crippen molar-refractivity contribution in [2.24, 2.45) is 0 Å². The van der Waals surface area contributed by atoms with E-state index in [0.717, 1.165) is 34.5 Å². The molecule has 136 valence electrons. The third-order valence-electron chi connectivity index (χ3n) is 4.06. The molecule has 26 heavy (non-hydrogen) atoms. The highest BCUT2D eigenvalue weighted by Gasteiger charge is 2.13. The maximum absolute atomic E-state index is 11.8. The second kappa shape index (κ2) is 9.42. The molecule has 0 radical (unpaired) electrons. The molecule has 0 saturated heterocycles. The highest BCUT2D eigenvalue weighted by atomic mass is 16.5. The number of hydrogen-bond donors (Lipinski definition) is 1. The number of allylic oxidation sites excluding steroid dienone is 1. The number of benzene rings is 2. The van der Waals surface area contributed by atoms with Crippen LogP contribution in [-0.4, -0.2) is 31.6 Å². The monoisotopic (exact) mass is 354 g/mol. The third-order valence-corrected chi connectivity index (χ3v) is 4.06. The molecule has 0 unspecified atom stereocenters. The Bertz CT molecular complexity index is 724. The summed E-state index contributed by atoms with van der Waals surface area (Å²) in [5.41, 5.74) is 3.10. The predicted molar refractivity (Wildman–Crippen MR) is 99.6 cm³/mol. The van der Waals surface area contributed by atoms with Gasteiger partial charge in [-0.2, -0.15) is 0 Å². The molecule has 0 heterocycles. The molecule has 2 aromatic carbocycles. The van der Waals surface area contributed by atoms with E-state index in [-0.39, 0.29) is 6.42 Å². The zero-order valence-corrected chi connectivity index (χ0v) is 14.9. The van der Waals surface area contributed by atoms with Gasteiger partial charge in [0, 0.05) is 12.0 Å². The first-order valence-corrected chi connectivity index (χ1v) is 8.28. The van der Waals surface area contributed by atoms with E-state index in [1.165, 1.54) is 0 Å². The maximum atomic E-state index is 11.8. The Morgan fingerprint density at radius 2 is 1.35 bits per heavy atom. The van der Waals surface area contributed by atoms with E-state index < -0.39 is 5.97 Å². The molecule has 5 heteroatoms. The lowest BCUT2D eigenvalue weighted by Crippen LogP contribution is -2.00. The number of hydrogen-bond acceptors (Lipinski definition) is 4. The zero-order valence-electron chi connectivity index (χ0n) is 14.9. The van der Waals surface area contributed by atoms with Gasteiger partial charge in [-0.15, -0.1) is 0 Å². The lowest BCUT2D eigenvalue weighted by atomic mass is 9.91. The van der Waals surface area contributed by atoms with E-state index in [2.05, 4.69) is 0 Å². The fourth-order valence-corrected chi connectivity index (χ4v) is 2.73. The van der Waals surface area contributed by atoms with Gasteiger partial charge in [-0.05, 0) is 53.8 Å². The summed E-state index contributed by atoms with van der Waals surface area (Å²) in [5, 5.41) is 8.85. The van der Waals surface area contributed by atoms with Crippen LogP contribution in [0.15, 0.2) is 54.1 Å². The molecule has 5 nitrogen and oxygen atoms in total. The predicted octanol–water partition coefficient (Wildman–Crippen LogP) is 3.96. The van der Waals surface area contributed by atoms with Gasteiger partial charge in [-0.25, -0.2) is 0 Å². The van der Waals surface area contributed by atoms with Gasteiger partial charge in [0.15, 0.2) is 0 Å². The number of ether oxygens (including phenoxy) is 2. The van der Waals surface area contributed by atoms with E-state index in [9.17, 15) is 9.59 Å². The topological polar surface area (TPSA) is 72.8 Å². The van der Waals surface area contributed by atoms with Crippen LogP contribution < -0.4 is 9.47 Å². The van der Waals surface area contributed by atoms with Crippen molar-refractivity contribution < 1.29 is 24.2 Å². The van der Waals surface area contributed by atoms with Gasteiger partial charge in [0.25, 0.3) is 0 Å². The van der Waals surface area contributed by atoms with Crippen molar-refractivity contribution in [2.45, 2.75) is 19.3 Å². The lowest BCUT2D eigenvalue weighted by Gasteiger charge is -2.14. The quantitative estimate of drug-likeness (QED) is 0.545. The van der Waals surface area contributed by atoms with Crippen molar-refractivity contribution in [3.05, 3.63) is 65.2 Å². The number of carboxylic acids is 1. The maximum Gasteiger partial charge on any atom is 0.303 e. The molecule has 0 fully saturated rings. The van der Waals surface area contributed by atoms with Crippen molar-refractivity contribution >= 4 is 17.8 Å². The van der Waals surface area contributed by atoms with E-state index in [4.69, 9.17) is 14.6 Å². The molecular weight excluding hydrogens is 332 g/mol. The number of carbonyl (C=O) groups is 2. The summed E-state index contributed by atoms with van der Waals surface area (Å²) in [4.78, 5) is 22.5. The molecule has 0 amide bonds. The fourth-order valence-electron chi connectivity index (χ4n) is 2.73. The summed E-state index contributed by atoms with van der Waals surface area (Å²) < 4.78 is 10.4. The van der Waals surface area contributed by atoms with Gasteiger partial charge in [0.2, 0.25) is 0 Å². The van der Waals surface area contributed by atoms with Crippen LogP contribution in [0.2, 0.25) is 0 Å². The molecule has 2 aromatic rings. The number of rotatable bonds is 9. The molecule has 0 spiro atoms. The minimum absolute atomic E-state index is 0.0237. The van der Waals surface area contributed by atoms with Crippen LogP contribution in [0.25, 0.3) is 5.57 Å². The molecule has 0 aliphatic heterocycles. The first-order chi connectivity index (χ1) is 12.6. The average Bonchev–Trinajstić information content (AvgIpc) is 2.67. The summed E-state index contributed by atoms with van der Waals surface area (Å²) in [6, 6.07) is 14.9. The van der Waals surface area contributed by atoms with Gasteiger partial charge in [-0.1, -0.05) is 24.3 Å². The minimum Gasteiger partial charge on any atom is -0.497 e. The molecule has 1 N–H and O–H groups in total. The highest BCUT2D eigenvalue weighted by Crippen LogP contribution is 2.31. The summed E-state index contributed by atoms with van der Waals surface area (Å²) in [6.07, 6.45) is 1.63. The minimum atomic E-state index is -0.870. The Labute approximate surface area is 152 Å². The standard InChI is InChI=1S/C21H22O5/c1-25-18-10-6-15(7-11-18)21(16-8-12-19(26-2)13-9-16)17(14-22)4-3-5-20(23)24/h6-14H,3-5H2,1-2H3,(H,23,24). The lowest BCUT2D eigenvalue weighted by molar-refractivity contribution is -0.137. The molecule has 0 bridgehead atoms. The third kappa shape index (κ3) is 4.96. The summed E-state index contributed by atoms with van der Waals surface area (Å²) in [6.45, 7) is 0. The molecule has 0 aliphatic carbocycles. The van der Waals surface area contributed by atoms with E-state index >= 15 is 0 Å². The van der Waals surface area contributed by atoms with E-state index in [1.807, 2.05) is 48.5 Å². The zero-order chi connectivity index (χ0) is 18.9. The summed E-state index contributed by atoms with van der Waals surface area (Å²) in [7, 11) is 3.19. The van der Waals surface area contributed by atoms with E-state index in [1.54, 1.807) is 14.2 Å². The number of aldehydes is 1. The van der Waals surface area contributed by atoms with Gasteiger partial charge in [0.05, 0.1) is 14.2 Å². The fraction of sp³-hybridized carbons (Fsp3) is 0.238. The molecule has 0 saturated carbocycles. The first-order valence-electron chi connectivity index (χ1n) is 8.28.